The number of fused-ring (bicyclic) bond motifs is 1. The number of hydrogen-bond donors (Lipinski definition) is 1. The van der Waals surface area contributed by atoms with Gasteiger partial charge in [-0.25, -0.2) is 8.78 Å². The highest BCUT2D eigenvalue weighted by molar-refractivity contribution is 5.95. The van der Waals surface area contributed by atoms with Crippen LogP contribution in [0, 0.1) is 18.6 Å². The fourth-order valence-corrected chi connectivity index (χ4v) is 2.78. The first-order valence-corrected chi connectivity index (χ1v) is 8.80. The number of rotatable bonds is 5. The number of hydrogen-bond acceptors (Lipinski definition) is 4. The molecule has 1 amide bonds. The van der Waals surface area contributed by atoms with Crippen molar-refractivity contribution in [2.75, 3.05) is 11.9 Å². The van der Waals surface area contributed by atoms with Gasteiger partial charge in [-0.1, -0.05) is 12.1 Å². The van der Waals surface area contributed by atoms with Crippen LogP contribution in [0.15, 0.2) is 60.7 Å². The number of nitrogens with one attached hydrogen (secondary N) is 1. The lowest BCUT2D eigenvalue weighted by atomic mass is 10.1. The number of ether oxygens (including phenoxy) is 1. The highest BCUT2D eigenvalue weighted by Crippen LogP contribution is 2.22. The Morgan fingerprint density at radius 3 is 2.45 bits per heavy atom. The molecule has 0 radical (unpaired) electrons. The van der Waals surface area contributed by atoms with Gasteiger partial charge in [0, 0.05) is 5.69 Å². The summed E-state index contributed by atoms with van der Waals surface area (Å²) in [5, 5.41) is 11.5. The smallest absolute Gasteiger partial charge is 0.262 e. The maximum absolute atomic E-state index is 13.6. The van der Waals surface area contributed by atoms with E-state index in [4.69, 9.17) is 4.74 Å². The molecule has 4 rings (SSSR count). The number of anilines is 1. The van der Waals surface area contributed by atoms with Gasteiger partial charge in [0.1, 0.15) is 16.9 Å². The number of carbonyl (C=O) groups excluding carboxylic acids is 1. The van der Waals surface area contributed by atoms with Crippen LogP contribution in [0.2, 0.25) is 0 Å². The molecule has 0 unspecified atom stereocenters. The summed E-state index contributed by atoms with van der Waals surface area (Å²) in [7, 11) is 0. The average molecular weight is 394 g/mol. The van der Waals surface area contributed by atoms with Gasteiger partial charge in [0.05, 0.1) is 5.69 Å². The predicted molar refractivity (Wildman–Crippen MR) is 104 cm³/mol. The van der Waals surface area contributed by atoms with Gasteiger partial charge in [-0.3, -0.25) is 4.79 Å². The predicted octanol–water partition coefficient (Wildman–Crippen LogP) is 4.02. The van der Waals surface area contributed by atoms with E-state index in [1.807, 2.05) is 6.92 Å². The van der Waals surface area contributed by atoms with Crippen LogP contribution in [0.4, 0.5) is 14.5 Å². The van der Waals surface area contributed by atoms with Crippen LogP contribution in [0.25, 0.3) is 16.7 Å². The summed E-state index contributed by atoms with van der Waals surface area (Å²) < 4.78 is 31.9. The summed E-state index contributed by atoms with van der Waals surface area (Å²) in [4.78, 5) is 13.6. The van der Waals surface area contributed by atoms with Gasteiger partial charge < -0.3 is 10.1 Å². The number of carbonyl (C=O) groups is 1. The van der Waals surface area contributed by atoms with Gasteiger partial charge in [-0.15, -0.1) is 10.2 Å². The van der Waals surface area contributed by atoms with E-state index in [-0.39, 0.29) is 18.2 Å². The third-order valence-electron chi connectivity index (χ3n) is 4.25. The van der Waals surface area contributed by atoms with Crippen molar-refractivity contribution in [3.8, 4) is 11.4 Å². The Labute approximate surface area is 164 Å². The van der Waals surface area contributed by atoms with Crippen LogP contribution < -0.4 is 10.1 Å². The molecule has 0 aliphatic heterocycles. The second-order valence-electron chi connectivity index (χ2n) is 6.39. The quantitative estimate of drug-likeness (QED) is 0.555. The van der Waals surface area contributed by atoms with Crippen molar-refractivity contribution < 1.29 is 18.3 Å². The van der Waals surface area contributed by atoms with Crippen molar-refractivity contribution in [1.82, 2.24) is 15.0 Å². The van der Waals surface area contributed by atoms with E-state index < -0.39 is 11.7 Å². The lowest BCUT2D eigenvalue weighted by Gasteiger charge is -2.10. The minimum absolute atomic E-state index is 0.0112. The van der Waals surface area contributed by atoms with E-state index in [0.717, 1.165) is 5.56 Å². The van der Waals surface area contributed by atoms with Gasteiger partial charge in [0.2, 0.25) is 0 Å². The van der Waals surface area contributed by atoms with Crippen LogP contribution >= 0.6 is 0 Å². The largest absolute Gasteiger partial charge is 0.481 e. The van der Waals surface area contributed by atoms with Crippen molar-refractivity contribution in [1.29, 1.82) is 0 Å². The van der Waals surface area contributed by atoms with Gasteiger partial charge in [0.15, 0.2) is 18.2 Å². The SMILES string of the molecule is Cc1cc2nn(-c3ccc(F)cc3)nc2cc1NC(=O)COc1ccccc1F. The second kappa shape index (κ2) is 7.67. The van der Waals surface area contributed by atoms with Crippen molar-refractivity contribution in [2.45, 2.75) is 6.92 Å². The summed E-state index contributed by atoms with van der Waals surface area (Å²) in [5.74, 6) is -1.29. The molecular formula is C21H16F2N4O2. The first kappa shape index (κ1) is 18.5. The van der Waals surface area contributed by atoms with E-state index in [9.17, 15) is 13.6 Å². The first-order chi connectivity index (χ1) is 14.0. The summed E-state index contributed by atoms with van der Waals surface area (Å²) in [6.45, 7) is 1.49. The van der Waals surface area contributed by atoms with Crippen molar-refractivity contribution in [3.63, 3.8) is 0 Å². The third-order valence-corrected chi connectivity index (χ3v) is 4.25. The van der Waals surface area contributed by atoms with E-state index in [0.29, 0.717) is 22.4 Å². The molecule has 0 spiro atoms. The van der Waals surface area contributed by atoms with Gasteiger partial charge in [0.25, 0.3) is 5.91 Å². The summed E-state index contributed by atoms with van der Waals surface area (Å²) in [6, 6.07) is 15.2. The minimum Gasteiger partial charge on any atom is -0.481 e. The molecule has 29 heavy (non-hydrogen) atoms. The fourth-order valence-electron chi connectivity index (χ4n) is 2.78. The number of halogens is 2. The molecule has 1 N–H and O–H groups in total. The molecule has 3 aromatic carbocycles. The van der Waals surface area contributed by atoms with E-state index in [2.05, 4.69) is 15.5 Å². The Morgan fingerprint density at radius 1 is 1.03 bits per heavy atom. The van der Waals surface area contributed by atoms with Crippen molar-refractivity contribution in [2.24, 2.45) is 0 Å². The first-order valence-electron chi connectivity index (χ1n) is 8.80. The molecule has 0 aliphatic carbocycles. The average Bonchev–Trinajstić information content (AvgIpc) is 3.11. The number of para-hydroxylation sites is 1. The van der Waals surface area contributed by atoms with Crippen molar-refractivity contribution >= 4 is 22.6 Å². The molecule has 1 aromatic heterocycles. The fraction of sp³-hybridized carbons (Fsp3) is 0.0952. The summed E-state index contributed by atoms with van der Waals surface area (Å²) in [6.07, 6.45) is 0. The Balaban J connectivity index is 1.51. The maximum atomic E-state index is 13.6. The summed E-state index contributed by atoms with van der Waals surface area (Å²) in [5.41, 5.74) is 3.13. The molecule has 0 atom stereocenters. The Bertz CT molecular complexity index is 1190. The van der Waals surface area contributed by atoms with Gasteiger partial charge in [-0.2, -0.15) is 4.80 Å². The minimum atomic E-state index is -0.532. The van der Waals surface area contributed by atoms with Gasteiger partial charge in [-0.05, 0) is 61.0 Å². The number of aromatic nitrogens is 3. The topological polar surface area (TPSA) is 69.0 Å². The van der Waals surface area contributed by atoms with E-state index in [1.54, 1.807) is 36.4 Å². The molecule has 0 fully saturated rings. The number of benzene rings is 3. The molecule has 1 heterocycles. The van der Waals surface area contributed by atoms with Crippen molar-refractivity contribution in [3.05, 3.63) is 77.9 Å². The van der Waals surface area contributed by atoms with Crippen LogP contribution in [-0.2, 0) is 4.79 Å². The molecular weight excluding hydrogens is 378 g/mol. The Hall–Kier alpha value is -3.81. The monoisotopic (exact) mass is 394 g/mol. The maximum Gasteiger partial charge on any atom is 0.262 e. The number of amides is 1. The van der Waals surface area contributed by atoms with Gasteiger partial charge >= 0.3 is 0 Å². The molecule has 0 saturated carbocycles. The molecule has 0 bridgehead atoms. The zero-order valence-electron chi connectivity index (χ0n) is 15.4. The van der Waals surface area contributed by atoms with Crippen LogP contribution in [-0.4, -0.2) is 27.5 Å². The molecule has 4 aromatic rings. The zero-order valence-corrected chi connectivity index (χ0v) is 15.4. The normalized spacial score (nSPS) is 10.9. The lowest BCUT2D eigenvalue weighted by Crippen LogP contribution is -2.21. The Kier molecular flexibility index (Phi) is 4.90. The third kappa shape index (κ3) is 4.06. The van der Waals surface area contributed by atoms with E-state index in [1.165, 1.54) is 29.1 Å². The molecule has 6 nitrogen and oxygen atoms in total. The standard InChI is InChI=1S/C21H16F2N4O2/c1-13-10-18-19(26-27(25-18)15-8-6-14(22)7-9-15)11-17(13)24-21(28)12-29-20-5-3-2-4-16(20)23/h2-11H,12H2,1H3,(H,24,28). The second-order valence-corrected chi connectivity index (χ2v) is 6.39. The summed E-state index contributed by atoms with van der Waals surface area (Å²) >= 11 is 0. The van der Waals surface area contributed by atoms with E-state index >= 15 is 0 Å². The lowest BCUT2D eigenvalue weighted by molar-refractivity contribution is -0.118. The highest BCUT2D eigenvalue weighted by atomic mass is 19.1. The highest BCUT2D eigenvalue weighted by Gasteiger charge is 2.12. The molecule has 146 valence electrons. The van der Waals surface area contributed by atoms with Crippen LogP contribution in [0.3, 0.4) is 0 Å². The van der Waals surface area contributed by atoms with Crippen LogP contribution in [0.5, 0.6) is 5.75 Å². The Morgan fingerprint density at radius 2 is 1.72 bits per heavy atom. The van der Waals surface area contributed by atoms with Crippen LogP contribution in [0.1, 0.15) is 5.56 Å². The molecule has 0 saturated heterocycles. The zero-order chi connectivity index (χ0) is 20.4. The molecule has 0 aliphatic rings. The number of aryl methyl sites for hydroxylation is 1. The molecule has 8 heteroatoms. The number of nitrogens with zero attached hydrogens (tertiary/aromatic N) is 3.